The van der Waals surface area contributed by atoms with Gasteiger partial charge >= 0.3 is 5.97 Å². The maximum Gasteiger partial charge on any atom is 0.330 e. The molecule has 4 heteroatoms. The van der Waals surface area contributed by atoms with Crippen LogP contribution in [0.25, 0.3) is 0 Å². The van der Waals surface area contributed by atoms with Crippen LogP contribution in [0.5, 0.6) is 0 Å². The Morgan fingerprint density at radius 3 is 2.27 bits per heavy atom. The van der Waals surface area contributed by atoms with Crippen molar-refractivity contribution in [2.45, 2.75) is 39.9 Å². The van der Waals surface area contributed by atoms with Crippen molar-refractivity contribution in [3.05, 3.63) is 11.6 Å². The topological polar surface area (TPSA) is 55.8 Å². The highest BCUT2D eigenvalue weighted by molar-refractivity contribution is 5.85. The van der Waals surface area contributed by atoms with E-state index in [0.29, 0.717) is 31.6 Å². The van der Waals surface area contributed by atoms with Crippen LogP contribution >= 0.6 is 0 Å². The minimum atomic E-state index is -0.876. The van der Waals surface area contributed by atoms with Crippen molar-refractivity contribution in [3.8, 4) is 0 Å². The molecule has 0 saturated carbocycles. The van der Waals surface area contributed by atoms with Crippen LogP contribution in [-0.4, -0.2) is 30.6 Å². The summed E-state index contributed by atoms with van der Waals surface area (Å²) in [6, 6.07) is 0. The average molecular weight is 216 g/mol. The van der Waals surface area contributed by atoms with E-state index in [2.05, 4.69) is 0 Å². The molecule has 0 aromatic rings. The van der Waals surface area contributed by atoms with Crippen LogP contribution < -0.4 is 0 Å². The molecule has 0 saturated heterocycles. The molecule has 0 amide bonds. The molecule has 0 heterocycles. The highest BCUT2D eigenvalue weighted by atomic mass is 16.7. The first-order valence-electron chi connectivity index (χ1n) is 5.25. The van der Waals surface area contributed by atoms with Crippen LogP contribution in [-0.2, 0) is 14.3 Å². The van der Waals surface area contributed by atoms with Crippen molar-refractivity contribution in [3.63, 3.8) is 0 Å². The number of hydrogen-bond donors (Lipinski definition) is 1. The Kier molecular flexibility index (Phi) is 7.95. The smallest absolute Gasteiger partial charge is 0.330 e. The third-order valence-electron chi connectivity index (χ3n) is 1.90. The molecule has 4 nitrogen and oxygen atoms in total. The second-order valence-electron chi connectivity index (χ2n) is 3.11. The van der Waals surface area contributed by atoms with E-state index in [-0.39, 0.29) is 6.29 Å². The second kappa shape index (κ2) is 8.44. The van der Waals surface area contributed by atoms with Gasteiger partial charge in [-0.05, 0) is 27.2 Å². The fraction of sp³-hybridized carbons (Fsp3) is 0.727. The van der Waals surface area contributed by atoms with Crippen LogP contribution in [0.1, 0.15) is 33.6 Å². The number of rotatable bonds is 8. The number of carboxylic acid groups (broad SMARTS) is 1. The standard InChI is InChI=1S/C11H20O4/c1-4-14-10(15-5-2)8-6-7-9(3)11(12)13/h7,10H,4-6,8H2,1-3H3,(H,12,13)/b9-7+. The summed E-state index contributed by atoms with van der Waals surface area (Å²) in [6.45, 7) is 6.60. The third-order valence-corrected chi connectivity index (χ3v) is 1.90. The molecule has 0 unspecified atom stereocenters. The van der Waals surface area contributed by atoms with E-state index in [0.717, 1.165) is 0 Å². The van der Waals surface area contributed by atoms with E-state index in [1.54, 1.807) is 13.0 Å². The fourth-order valence-electron chi connectivity index (χ4n) is 1.11. The number of ether oxygens (including phenoxy) is 2. The van der Waals surface area contributed by atoms with E-state index in [4.69, 9.17) is 14.6 Å². The van der Waals surface area contributed by atoms with Gasteiger partial charge in [-0.1, -0.05) is 6.08 Å². The SMILES string of the molecule is CCOC(CC/C=C(\C)C(=O)O)OCC. The van der Waals surface area contributed by atoms with Gasteiger partial charge in [0.05, 0.1) is 0 Å². The maximum absolute atomic E-state index is 10.5. The minimum Gasteiger partial charge on any atom is -0.478 e. The van der Waals surface area contributed by atoms with Crippen LogP contribution in [0.4, 0.5) is 0 Å². The minimum absolute atomic E-state index is 0.224. The maximum atomic E-state index is 10.5. The van der Waals surface area contributed by atoms with Crippen LogP contribution in [0, 0.1) is 0 Å². The molecule has 0 aliphatic heterocycles. The van der Waals surface area contributed by atoms with Crippen molar-refractivity contribution in [2.75, 3.05) is 13.2 Å². The normalized spacial score (nSPS) is 12.1. The van der Waals surface area contributed by atoms with E-state index in [9.17, 15) is 4.79 Å². The van der Waals surface area contributed by atoms with E-state index < -0.39 is 5.97 Å². The highest BCUT2D eigenvalue weighted by Crippen LogP contribution is 2.07. The number of aliphatic carboxylic acids is 1. The Balaban J connectivity index is 3.88. The van der Waals surface area contributed by atoms with Gasteiger partial charge in [0.15, 0.2) is 6.29 Å². The molecule has 0 atom stereocenters. The van der Waals surface area contributed by atoms with Gasteiger partial charge < -0.3 is 14.6 Å². The number of carboxylic acids is 1. The Morgan fingerprint density at radius 2 is 1.87 bits per heavy atom. The van der Waals surface area contributed by atoms with Gasteiger partial charge in [0.25, 0.3) is 0 Å². The van der Waals surface area contributed by atoms with Crippen LogP contribution in [0.2, 0.25) is 0 Å². The predicted molar refractivity (Wildman–Crippen MR) is 57.7 cm³/mol. The molecule has 0 aromatic carbocycles. The molecule has 0 aliphatic rings. The first-order valence-corrected chi connectivity index (χ1v) is 5.25. The summed E-state index contributed by atoms with van der Waals surface area (Å²) in [5.41, 5.74) is 0.363. The number of allylic oxidation sites excluding steroid dienone is 1. The van der Waals surface area contributed by atoms with Gasteiger partial charge in [0, 0.05) is 25.2 Å². The molecule has 15 heavy (non-hydrogen) atoms. The van der Waals surface area contributed by atoms with Crippen LogP contribution in [0.15, 0.2) is 11.6 Å². The summed E-state index contributed by atoms with van der Waals surface area (Å²) in [7, 11) is 0. The second-order valence-corrected chi connectivity index (χ2v) is 3.11. The van der Waals surface area contributed by atoms with Crippen molar-refractivity contribution < 1.29 is 19.4 Å². The zero-order valence-corrected chi connectivity index (χ0v) is 9.66. The molecule has 0 rings (SSSR count). The zero-order valence-electron chi connectivity index (χ0n) is 9.66. The van der Waals surface area contributed by atoms with Crippen LogP contribution in [0.3, 0.4) is 0 Å². The first-order chi connectivity index (χ1) is 7.11. The quantitative estimate of drug-likeness (QED) is 0.499. The lowest BCUT2D eigenvalue weighted by atomic mass is 10.2. The molecule has 1 N–H and O–H groups in total. The first kappa shape index (κ1) is 14.1. The van der Waals surface area contributed by atoms with Gasteiger partial charge in [-0.3, -0.25) is 0 Å². The molecule has 0 bridgehead atoms. The molecular weight excluding hydrogens is 196 g/mol. The van der Waals surface area contributed by atoms with Gasteiger partial charge in [0.1, 0.15) is 0 Å². The van der Waals surface area contributed by atoms with E-state index in [1.165, 1.54) is 0 Å². The molecular formula is C11H20O4. The van der Waals surface area contributed by atoms with Gasteiger partial charge in [-0.15, -0.1) is 0 Å². The van der Waals surface area contributed by atoms with Gasteiger partial charge in [-0.2, -0.15) is 0 Å². The van der Waals surface area contributed by atoms with Crippen molar-refractivity contribution in [1.82, 2.24) is 0 Å². The van der Waals surface area contributed by atoms with Crippen molar-refractivity contribution in [1.29, 1.82) is 0 Å². The zero-order chi connectivity index (χ0) is 11.7. The summed E-state index contributed by atoms with van der Waals surface area (Å²) >= 11 is 0. The summed E-state index contributed by atoms with van der Waals surface area (Å²) in [5.74, 6) is -0.876. The van der Waals surface area contributed by atoms with Crippen molar-refractivity contribution >= 4 is 5.97 Å². The average Bonchev–Trinajstić information content (AvgIpc) is 2.18. The Morgan fingerprint density at radius 1 is 1.33 bits per heavy atom. The summed E-state index contributed by atoms with van der Waals surface area (Å²) in [5, 5.41) is 8.62. The Bertz CT molecular complexity index is 205. The lowest BCUT2D eigenvalue weighted by Crippen LogP contribution is -2.16. The molecule has 0 aliphatic carbocycles. The molecule has 0 aromatic heterocycles. The molecule has 88 valence electrons. The fourth-order valence-corrected chi connectivity index (χ4v) is 1.11. The summed E-state index contributed by atoms with van der Waals surface area (Å²) in [4.78, 5) is 10.5. The molecule has 0 spiro atoms. The van der Waals surface area contributed by atoms with Gasteiger partial charge in [0.2, 0.25) is 0 Å². The Labute approximate surface area is 90.9 Å². The lowest BCUT2D eigenvalue weighted by Gasteiger charge is -2.15. The lowest BCUT2D eigenvalue weighted by molar-refractivity contribution is -0.139. The predicted octanol–water partition coefficient (Wildman–Crippen LogP) is 2.20. The number of hydrogen-bond acceptors (Lipinski definition) is 3. The molecule has 0 fully saturated rings. The molecule has 0 radical (unpaired) electrons. The summed E-state index contributed by atoms with van der Waals surface area (Å²) < 4.78 is 10.7. The Hall–Kier alpha value is -0.870. The number of carbonyl (C=O) groups is 1. The monoisotopic (exact) mass is 216 g/mol. The third kappa shape index (κ3) is 7.11. The van der Waals surface area contributed by atoms with Crippen molar-refractivity contribution in [2.24, 2.45) is 0 Å². The largest absolute Gasteiger partial charge is 0.478 e. The summed E-state index contributed by atoms with van der Waals surface area (Å²) in [6.07, 6.45) is 2.81. The highest BCUT2D eigenvalue weighted by Gasteiger charge is 2.06. The van der Waals surface area contributed by atoms with E-state index >= 15 is 0 Å². The van der Waals surface area contributed by atoms with Gasteiger partial charge in [-0.25, -0.2) is 4.79 Å². The van der Waals surface area contributed by atoms with E-state index in [1.807, 2.05) is 13.8 Å².